The van der Waals surface area contributed by atoms with Crippen LogP contribution in [0.3, 0.4) is 0 Å². The fourth-order valence-electron chi connectivity index (χ4n) is 2.00. The summed E-state index contributed by atoms with van der Waals surface area (Å²) in [4.78, 5) is 16.7. The van der Waals surface area contributed by atoms with Gasteiger partial charge in [0.25, 0.3) is 0 Å². The second kappa shape index (κ2) is 7.06. The number of para-hydroxylation sites is 2. The van der Waals surface area contributed by atoms with Gasteiger partial charge in [0.1, 0.15) is 0 Å². The quantitative estimate of drug-likeness (QED) is 0.730. The van der Waals surface area contributed by atoms with Gasteiger partial charge in [-0.25, -0.2) is 9.67 Å². The molecular formula is C16H15N5OS. The lowest BCUT2D eigenvalue weighted by Gasteiger charge is -2.14. The van der Waals surface area contributed by atoms with Gasteiger partial charge < -0.3 is 5.32 Å². The summed E-state index contributed by atoms with van der Waals surface area (Å²) in [6.45, 7) is 1.85. The zero-order chi connectivity index (χ0) is 16.1. The predicted octanol–water partition coefficient (Wildman–Crippen LogP) is 2.78. The zero-order valence-electron chi connectivity index (χ0n) is 12.5. The average Bonchev–Trinajstić information content (AvgIpc) is 3.10. The SMILES string of the molecule is C[C@H](Sc1ccccn1)C(=O)Nc1ccccc1-n1ccnn1. The first-order valence-corrected chi connectivity index (χ1v) is 7.96. The van der Waals surface area contributed by atoms with Crippen LogP contribution in [0.4, 0.5) is 5.69 Å². The number of hydrogen-bond acceptors (Lipinski definition) is 5. The van der Waals surface area contributed by atoms with E-state index in [2.05, 4.69) is 20.6 Å². The van der Waals surface area contributed by atoms with Crippen molar-refractivity contribution in [2.45, 2.75) is 17.2 Å². The molecule has 1 N–H and O–H groups in total. The average molecular weight is 325 g/mol. The predicted molar refractivity (Wildman–Crippen MR) is 89.5 cm³/mol. The molecule has 1 atom stereocenters. The number of carbonyl (C=O) groups is 1. The molecule has 116 valence electrons. The van der Waals surface area contributed by atoms with Crippen LogP contribution in [0.15, 0.2) is 66.1 Å². The van der Waals surface area contributed by atoms with Gasteiger partial charge in [0.2, 0.25) is 5.91 Å². The van der Waals surface area contributed by atoms with Gasteiger partial charge in [0.05, 0.1) is 34.0 Å². The van der Waals surface area contributed by atoms with Crippen LogP contribution in [0.1, 0.15) is 6.92 Å². The topological polar surface area (TPSA) is 72.7 Å². The number of aromatic nitrogens is 4. The summed E-state index contributed by atoms with van der Waals surface area (Å²) in [5.41, 5.74) is 1.46. The Labute approximate surface area is 137 Å². The second-order valence-electron chi connectivity index (χ2n) is 4.78. The van der Waals surface area contributed by atoms with Crippen LogP contribution >= 0.6 is 11.8 Å². The van der Waals surface area contributed by atoms with E-state index in [1.54, 1.807) is 23.3 Å². The molecule has 0 saturated heterocycles. The van der Waals surface area contributed by atoms with Gasteiger partial charge in [-0.2, -0.15) is 0 Å². The van der Waals surface area contributed by atoms with Crippen molar-refractivity contribution in [2.75, 3.05) is 5.32 Å². The van der Waals surface area contributed by atoms with Crippen molar-refractivity contribution < 1.29 is 4.79 Å². The van der Waals surface area contributed by atoms with E-state index >= 15 is 0 Å². The van der Waals surface area contributed by atoms with Crippen molar-refractivity contribution in [3.63, 3.8) is 0 Å². The molecule has 3 aromatic rings. The molecule has 7 heteroatoms. The minimum absolute atomic E-state index is 0.0896. The number of nitrogens with zero attached hydrogens (tertiary/aromatic N) is 4. The van der Waals surface area contributed by atoms with Gasteiger partial charge in [-0.3, -0.25) is 4.79 Å². The van der Waals surface area contributed by atoms with Crippen LogP contribution in [-0.2, 0) is 4.79 Å². The maximum atomic E-state index is 12.4. The number of carbonyl (C=O) groups excluding carboxylic acids is 1. The lowest BCUT2D eigenvalue weighted by atomic mass is 10.2. The van der Waals surface area contributed by atoms with E-state index in [4.69, 9.17) is 0 Å². The molecule has 2 aromatic heterocycles. The van der Waals surface area contributed by atoms with Gasteiger partial charge in [-0.1, -0.05) is 35.2 Å². The Morgan fingerprint density at radius 3 is 2.74 bits per heavy atom. The number of hydrogen-bond donors (Lipinski definition) is 1. The number of thioether (sulfide) groups is 1. The molecule has 6 nitrogen and oxygen atoms in total. The number of benzene rings is 1. The number of rotatable bonds is 5. The van der Waals surface area contributed by atoms with Gasteiger partial charge >= 0.3 is 0 Å². The van der Waals surface area contributed by atoms with Gasteiger partial charge in [-0.05, 0) is 31.2 Å². The molecule has 1 aromatic carbocycles. The molecule has 0 unspecified atom stereocenters. The van der Waals surface area contributed by atoms with Crippen molar-refractivity contribution in [2.24, 2.45) is 0 Å². The summed E-state index contributed by atoms with van der Waals surface area (Å²) in [6.07, 6.45) is 5.04. The van der Waals surface area contributed by atoms with E-state index < -0.39 is 0 Å². The number of pyridine rings is 1. The van der Waals surface area contributed by atoms with Crippen LogP contribution in [0.5, 0.6) is 0 Å². The minimum Gasteiger partial charge on any atom is -0.323 e. The lowest BCUT2D eigenvalue weighted by molar-refractivity contribution is -0.115. The molecule has 0 radical (unpaired) electrons. The standard InChI is InChI=1S/C16H15N5OS/c1-12(23-15-8-4-5-9-17-15)16(22)19-13-6-2-3-7-14(13)21-11-10-18-20-21/h2-12H,1H3,(H,19,22)/t12-/m0/s1. The Morgan fingerprint density at radius 1 is 1.17 bits per heavy atom. The molecule has 0 spiro atoms. The molecule has 0 aliphatic carbocycles. The lowest BCUT2D eigenvalue weighted by Crippen LogP contribution is -2.23. The number of amides is 1. The van der Waals surface area contributed by atoms with Crippen LogP contribution in [0.25, 0.3) is 5.69 Å². The fraction of sp³-hybridized carbons (Fsp3) is 0.125. The maximum absolute atomic E-state index is 12.4. The highest BCUT2D eigenvalue weighted by Crippen LogP contribution is 2.24. The third-order valence-electron chi connectivity index (χ3n) is 3.14. The summed E-state index contributed by atoms with van der Waals surface area (Å²) in [7, 11) is 0. The van der Waals surface area contributed by atoms with E-state index in [1.165, 1.54) is 11.8 Å². The first-order chi connectivity index (χ1) is 11.2. The Bertz CT molecular complexity index is 776. The first-order valence-electron chi connectivity index (χ1n) is 7.08. The van der Waals surface area contributed by atoms with Crippen LogP contribution < -0.4 is 5.32 Å². The van der Waals surface area contributed by atoms with Crippen LogP contribution in [0, 0.1) is 0 Å². The Hall–Kier alpha value is -2.67. The normalized spacial score (nSPS) is 11.9. The highest BCUT2D eigenvalue weighted by atomic mass is 32.2. The number of anilines is 1. The van der Waals surface area contributed by atoms with Crippen molar-refractivity contribution in [3.05, 3.63) is 61.1 Å². The van der Waals surface area contributed by atoms with E-state index in [-0.39, 0.29) is 11.2 Å². The van der Waals surface area contributed by atoms with Gasteiger partial charge in [-0.15, -0.1) is 5.10 Å². The highest BCUT2D eigenvalue weighted by Gasteiger charge is 2.17. The molecule has 23 heavy (non-hydrogen) atoms. The van der Waals surface area contributed by atoms with Crippen molar-refractivity contribution in [1.29, 1.82) is 0 Å². The van der Waals surface area contributed by atoms with Crippen LogP contribution in [0.2, 0.25) is 0 Å². The zero-order valence-corrected chi connectivity index (χ0v) is 13.3. The minimum atomic E-state index is -0.270. The summed E-state index contributed by atoms with van der Waals surface area (Å²) in [5, 5.41) is 11.3. The summed E-state index contributed by atoms with van der Waals surface area (Å²) < 4.78 is 1.62. The molecule has 0 aliphatic heterocycles. The van der Waals surface area contributed by atoms with E-state index in [0.29, 0.717) is 5.69 Å². The molecule has 0 fully saturated rings. The monoisotopic (exact) mass is 325 g/mol. The maximum Gasteiger partial charge on any atom is 0.237 e. The second-order valence-corrected chi connectivity index (χ2v) is 6.14. The van der Waals surface area contributed by atoms with Crippen molar-refractivity contribution in [3.8, 4) is 5.69 Å². The summed E-state index contributed by atoms with van der Waals surface area (Å²) in [6, 6.07) is 13.1. The van der Waals surface area contributed by atoms with Crippen molar-refractivity contribution in [1.82, 2.24) is 20.0 Å². The highest BCUT2D eigenvalue weighted by molar-refractivity contribution is 8.00. The van der Waals surface area contributed by atoms with E-state index in [9.17, 15) is 4.79 Å². The molecular weight excluding hydrogens is 310 g/mol. The Morgan fingerprint density at radius 2 is 2.00 bits per heavy atom. The Balaban J connectivity index is 1.73. The molecule has 0 saturated carbocycles. The Kier molecular flexibility index (Phi) is 4.68. The molecule has 3 rings (SSSR count). The third kappa shape index (κ3) is 3.75. The molecule has 1 amide bonds. The molecule has 2 heterocycles. The van der Waals surface area contributed by atoms with Crippen LogP contribution in [-0.4, -0.2) is 31.1 Å². The number of nitrogens with one attached hydrogen (secondary N) is 1. The van der Waals surface area contributed by atoms with Crippen molar-refractivity contribution >= 4 is 23.4 Å². The van der Waals surface area contributed by atoms with Gasteiger partial charge in [0.15, 0.2) is 0 Å². The summed E-state index contributed by atoms with van der Waals surface area (Å²) >= 11 is 1.42. The first kappa shape index (κ1) is 15.2. The molecule has 0 bridgehead atoms. The fourth-order valence-corrected chi connectivity index (χ4v) is 2.81. The summed E-state index contributed by atoms with van der Waals surface area (Å²) in [5.74, 6) is -0.0896. The van der Waals surface area contributed by atoms with Gasteiger partial charge in [0, 0.05) is 6.20 Å². The molecule has 0 aliphatic rings. The van der Waals surface area contributed by atoms with E-state index in [0.717, 1.165) is 10.7 Å². The largest absolute Gasteiger partial charge is 0.323 e. The smallest absolute Gasteiger partial charge is 0.237 e. The third-order valence-corrected chi connectivity index (χ3v) is 4.19. The van der Waals surface area contributed by atoms with E-state index in [1.807, 2.05) is 49.4 Å².